The van der Waals surface area contributed by atoms with Crippen LogP contribution in [0.3, 0.4) is 0 Å². The van der Waals surface area contributed by atoms with Gasteiger partial charge in [0.05, 0.1) is 24.0 Å². The third kappa shape index (κ3) is 1.20. The highest BCUT2D eigenvalue weighted by Gasteiger charge is 2.10. The molecule has 3 aromatic rings. The summed E-state index contributed by atoms with van der Waals surface area (Å²) in [5, 5.41) is 10.9. The maximum absolute atomic E-state index is 12.9. The van der Waals surface area contributed by atoms with Crippen molar-refractivity contribution in [1.29, 1.82) is 0 Å². The van der Waals surface area contributed by atoms with Crippen molar-refractivity contribution in [1.82, 2.24) is 29.9 Å². The molecule has 80 valence electrons. The number of rotatable bonds is 1. The van der Waals surface area contributed by atoms with Crippen LogP contribution in [0.4, 0.5) is 10.3 Å². The Bertz CT molecular complexity index is 655. The van der Waals surface area contributed by atoms with Crippen LogP contribution in [0.15, 0.2) is 18.6 Å². The Hall–Kier alpha value is -2.51. The van der Waals surface area contributed by atoms with Crippen LogP contribution in [0.25, 0.3) is 16.9 Å². The van der Waals surface area contributed by atoms with Gasteiger partial charge in [-0.1, -0.05) is 0 Å². The number of nitrogens with one attached hydrogen (secondary N) is 1. The first-order chi connectivity index (χ1) is 7.74. The summed E-state index contributed by atoms with van der Waals surface area (Å²) in [6.07, 6.45) is 3.82. The standard InChI is InChI=1S/C8H6FN7/c9-4-1-12-16(3-4)7-5-2-11-15-6(5)13-8(10)14-7/h1-3H,(H3,10,11,13,14,15). The molecule has 0 aliphatic heterocycles. The summed E-state index contributed by atoms with van der Waals surface area (Å²) in [5.41, 5.74) is 6.01. The molecule has 0 spiro atoms. The molecule has 7 nitrogen and oxygen atoms in total. The predicted molar refractivity (Wildman–Crippen MR) is 53.2 cm³/mol. The van der Waals surface area contributed by atoms with E-state index in [1.165, 1.54) is 17.1 Å². The molecule has 0 aromatic carbocycles. The highest BCUT2D eigenvalue weighted by atomic mass is 19.1. The number of hydrogen-bond acceptors (Lipinski definition) is 5. The van der Waals surface area contributed by atoms with Crippen LogP contribution in [-0.2, 0) is 0 Å². The number of halogens is 1. The average molecular weight is 219 g/mol. The molecular weight excluding hydrogens is 213 g/mol. The number of anilines is 1. The van der Waals surface area contributed by atoms with Gasteiger partial charge in [-0.05, 0) is 0 Å². The topological polar surface area (TPSA) is 98.3 Å². The van der Waals surface area contributed by atoms with Crippen molar-refractivity contribution >= 4 is 17.0 Å². The summed E-state index contributed by atoms with van der Waals surface area (Å²) in [5.74, 6) is 0.0108. The zero-order valence-electron chi connectivity index (χ0n) is 7.92. The minimum Gasteiger partial charge on any atom is -0.368 e. The molecule has 8 heteroatoms. The number of nitrogen functional groups attached to an aromatic ring is 1. The summed E-state index contributed by atoms with van der Waals surface area (Å²) in [6, 6.07) is 0. The highest BCUT2D eigenvalue weighted by molar-refractivity contribution is 5.82. The zero-order valence-corrected chi connectivity index (χ0v) is 7.92. The summed E-state index contributed by atoms with van der Waals surface area (Å²) in [7, 11) is 0. The lowest BCUT2D eigenvalue weighted by molar-refractivity contribution is 0.627. The second-order valence-electron chi connectivity index (χ2n) is 3.14. The Morgan fingerprint density at radius 2 is 2.19 bits per heavy atom. The van der Waals surface area contributed by atoms with Crippen LogP contribution in [0.5, 0.6) is 0 Å². The molecule has 0 aliphatic carbocycles. The Labute approximate surface area is 88.1 Å². The lowest BCUT2D eigenvalue weighted by Crippen LogP contribution is -2.03. The monoisotopic (exact) mass is 219 g/mol. The molecule has 0 saturated heterocycles. The van der Waals surface area contributed by atoms with Gasteiger partial charge in [0.25, 0.3) is 0 Å². The van der Waals surface area contributed by atoms with Gasteiger partial charge in [0, 0.05) is 0 Å². The normalized spacial score (nSPS) is 11.1. The Balaban J connectivity index is 2.33. The molecule has 0 saturated carbocycles. The number of H-pyrrole nitrogens is 1. The van der Waals surface area contributed by atoms with E-state index in [0.717, 1.165) is 6.20 Å². The average Bonchev–Trinajstić information content (AvgIpc) is 2.84. The van der Waals surface area contributed by atoms with Gasteiger partial charge in [-0.15, -0.1) is 0 Å². The van der Waals surface area contributed by atoms with E-state index in [1.54, 1.807) is 0 Å². The van der Waals surface area contributed by atoms with Gasteiger partial charge in [0.1, 0.15) is 0 Å². The second kappa shape index (κ2) is 2.99. The third-order valence-electron chi connectivity index (χ3n) is 2.08. The largest absolute Gasteiger partial charge is 0.368 e. The Morgan fingerprint density at radius 3 is 2.94 bits per heavy atom. The maximum Gasteiger partial charge on any atom is 0.224 e. The number of fused-ring (bicyclic) bond motifs is 1. The molecule has 3 N–H and O–H groups in total. The van der Waals surface area contributed by atoms with Gasteiger partial charge in [-0.3, -0.25) is 5.10 Å². The van der Waals surface area contributed by atoms with Crippen molar-refractivity contribution in [2.75, 3.05) is 5.73 Å². The van der Waals surface area contributed by atoms with Crippen LogP contribution >= 0.6 is 0 Å². The summed E-state index contributed by atoms with van der Waals surface area (Å²) in [6.45, 7) is 0. The van der Waals surface area contributed by atoms with Crippen molar-refractivity contribution < 1.29 is 4.39 Å². The van der Waals surface area contributed by atoms with Crippen molar-refractivity contribution in [2.24, 2.45) is 0 Å². The minimum atomic E-state index is -0.450. The van der Waals surface area contributed by atoms with Gasteiger partial charge in [-0.2, -0.15) is 20.2 Å². The first-order valence-electron chi connectivity index (χ1n) is 4.41. The molecule has 16 heavy (non-hydrogen) atoms. The third-order valence-corrected chi connectivity index (χ3v) is 2.08. The fraction of sp³-hybridized carbons (Fsp3) is 0. The van der Waals surface area contributed by atoms with Gasteiger partial charge in [0.15, 0.2) is 17.3 Å². The molecule has 0 fully saturated rings. The van der Waals surface area contributed by atoms with E-state index in [4.69, 9.17) is 5.73 Å². The first kappa shape index (κ1) is 8.77. The molecule has 3 heterocycles. The summed E-state index contributed by atoms with van der Waals surface area (Å²) < 4.78 is 14.1. The lowest BCUT2D eigenvalue weighted by Gasteiger charge is -2.01. The molecule has 0 atom stereocenters. The van der Waals surface area contributed by atoms with E-state index < -0.39 is 5.82 Å². The van der Waals surface area contributed by atoms with Crippen molar-refractivity contribution in [2.45, 2.75) is 0 Å². The molecule has 0 bridgehead atoms. The smallest absolute Gasteiger partial charge is 0.224 e. The maximum atomic E-state index is 12.9. The number of hydrogen-bond donors (Lipinski definition) is 2. The quantitative estimate of drug-likeness (QED) is 0.611. The van der Waals surface area contributed by atoms with Crippen molar-refractivity contribution in [3.05, 3.63) is 24.4 Å². The Morgan fingerprint density at radius 1 is 1.31 bits per heavy atom. The summed E-state index contributed by atoms with van der Waals surface area (Å²) >= 11 is 0. The van der Waals surface area contributed by atoms with Crippen molar-refractivity contribution in [3.63, 3.8) is 0 Å². The van der Waals surface area contributed by atoms with Gasteiger partial charge >= 0.3 is 0 Å². The molecule has 0 unspecified atom stereocenters. The van der Waals surface area contributed by atoms with Crippen LogP contribution in [0, 0.1) is 5.82 Å². The van der Waals surface area contributed by atoms with Gasteiger partial charge in [-0.25, -0.2) is 9.07 Å². The molecule has 0 radical (unpaired) electrons. The van der Waals surface area contributed by atoms with E-state index in [2.05, 4.69) is 25.3 Å². The SMILES string of the molecule is Nc1nc(-n2cc(F)cn2)c2cn[nH]c2n1. The molecule has 0 aliphatic rings. The number of nitrogens with zero attached hydrogens (tertiary/aromatic N) is 5. The van der Waals surface area contributed by atoms with Gasteiger partial charge < -0.3 is 5.73 Å². The van der Waals surface area contributed by atoms with E-state index in [-0.39, 0.29) is 5.95 Å². The molecule has 3 rings (SSSR count). The van der Waals surface area contributed by atoms with Crippen LogP contribution in [0.2, 0.25) is 0 Å². The molecular formula is C8H6FN7. The fourth-order valence-electron chi connectivity index (χ4n) is 1.43. The second-order valence-corrected chi connectivity index (χ2v) is 3.14. The van der Waals surface area contributed by atoms with Crippen LogP contribution in [0.1, 0.15) is 0 Å². The molecule has 0 amide bonds. The number of nitrogens with two attached hydrogens (primary N) is 1. The minimum absolute atomic E-state index is 0.0719. The van der Waals surface area contributed by atoms with Gasteiger partial charge in [0.2, 0.25) is 5.95 Å². The lowest BCUT2D eigenvalue weighted by atomic mass is 10.4. The van der Waals surface area contributed by atoms with E-state index in [0.29, 0.717) is 16.9 Å². The number of aromatic nitrogens is 6. The van der Waals surface area contributed by atoms with E-state index in [1.807, 2.05) is 0 Å². The fourth-order valence-corrected chi connectivity index (χ4v) is 1.43. The number of aromatic amines is 1. The zero-order chi connectivity index (χ0) is 11.1. The Kier molecular flexibility index (Phi) is 1.64. The summed E-state index contributed by atoms with van der Waals surface area (Å²) in [4.78, 5) is 7.94. The van der Waals surface area contributed by atoms with Crippen LogP contribution < -0.4 is 5.73 Å². The van der Waals surface area contributed by atoms with E-state index in [9.17, 15) is 4.39 Å². The molecule has 3 aromatic heterocycles. The van der Waals surface area contributed by atoms with Crippen molar-refractivity contribution in [3.8, 4) is 5.82 Å². The predicted octanol–water partition coefficient (Wildman–Crippen LogP) is 0.260. The first-order valence-corrected chi connectivity index (χ1v) is 4.41. The highest BCUT2D eigenvalue weighted by Crippen LogP contribution is 2.17. The van der Waals surface area contributed by atoms with E-state index >= 15 is 0 Å². The van der Waals surface area contributed by atoms with Crippen LogP contribution in [-0.4, -0.2) is 29.9 Å².